The van der Waals surface area contributed by atoms with Crippen LogP contribution in [0.25, 0.3) is 6.08 Å². The fraction of sp³-hybridized carbons (Fsp3) is 0.222. The Morgan fingerprint density at radius 3 is 2.28 bits per heavy atom. The molecule has 0 spiro atoms. The molecular formula is C27H27BrClNO5S. The average Bonchev–Trinajstić information content (AvgIpc) is 2.86. The Bertz CT molecular complexity index is 1340. The number of benzene rings is 3. The molecule has 3 aromatic carbocycles. The molecular weight excluding hydrogens is 566 g/mol. The summed E-state index contributed by atoms with van der Waals surface area (Å²) >= 11 is 9.37. The maximum absolute atomic E-state index is 13.6. The second-order valence-electron chi connectivity index (χ2n) is 7.90. The molecule has 190 valence electrons. The number of hydrogen-bond acceptors (Lipinski definition) is 5. The van der Waals surface area contributed by atoms with Crippen molar-refractivity contribution in [3.63, 3.8) is 0 Å². The topological polar surface area (TPSA) is 72.9 Å². The number of carbonyl (C=O) groups excluding carboxylic acids is 1. The van der Waals surface area contributed by atoms with Gasteiger partial charge < -0.3 is 9.47 Å². The van der Waals surface area contributed by atoms with Gasteiger partial charge in [0.05, 0.1) is 29.3 Å². The van der Waals surface area contributed by atoms with E-state index in [2.05, 4.69) is 22.9 Å². The Labute approximate surface area is 225 Å². The first-order valence-corrected chi connectivity index (χ1v) is 13.9. The molecule has 0 aliphatic heterocycles. The number of unbranched alkanes of at least 4 members (excludes halogenated alkanes) is 1. The van der Waals surface area contributed by atoms with Crippen LogP contribution in [0.3, 0.4) is 0 Å². The number of nitrogens with zero attached hydrogens (tertiary/aromatic N) is 1. The molecule has 0 aliphatic rings. The highest BCUT2D eigenvalue weighted by Crippen LogP contribution is 2.36. The van der Waals surface area contributed by atoms with Gasteiger partial charge in [0.2, 0.25) is 0 Å². The molecule has 0 saturated carbocycles. The number of anilines is 1. The van der Waals surface area contributed by atoms with E-state index in [1.165, 1.54) is 50.6 Å². The lowest BCUT2D eigenvalue weighted by atomic mass is 10.1. The molecule has 0 bridgehead atoms. The van der Waals surface area contributed by atoms with Crippen LogP contribution in [0.5, 0.6) is 11.5 Å². The SMILES string of the molecule is CCCCc1ccc(N(C(=O)/C=C/c2cc(Br)c(OC)c(OC)c2)S(=O)(=O)c2ccc(Cl)cc2)cc1. The van der Waals surface area contributed by atoms with E-state index in [0.29, 0.717) is 26.6 Å². The van der Waals surface area contributed by atoms with Gasteiger partial charge in [0.15, 0.2) is 11.5 Å². The van der Waals surface area contributed by atoms with Crippen LogP contribution >= 0.6 is 27.5 Å². The highest BCUT2D eigenvalue weighted by atomic mass is 79.9. The standard InChI is InChI=1S/C27H27BrClNO5S/c1-4-5-6-19-7-12-22(13-8-19)30(36(32,33)23-14-10-21(29)11-15-23)26(31)16-9-20-17-24(28)27(35-3)25(18-20)34-2/h7-18H,4-6H2,1-3H3/b16-9+. The van der Waals surface area contributed by atoms with Crippen LogP contribution in [0.1, 0.15) is 30.9 Å². The molecule has 0 radical (unpaired) electrons. The third kappa shape index (κ3) is 6.49. The van der Waals surface area contributed by atoms with Crippen LogP contribution in [0, 0.1) is 0 Å². The van der Waals surface area contributed by atoms with Crippen molar-refractivity contribution >= 4 is 55.2 Å². The van der Waals surface area contributed by atoms with Crippen LogP contribution in [0.15, 0.2) is 76.1 Å². The molecule has 0 unspecified atom stereocenters. The second-order valence-corrected chi connectivity index (χ2v) is 11.0. The third-order valence-electron chi connectivity index (χ3n) is 5.42. The molecule has 0 fully saturated rings. The molecule has 6 nitrogen and oxygen atoms in total. The molecule has 3 aromatic rings. The Kier molecular flexibility index (Phi) is 9.59. The Hall–Kier alpha value is -2.81. The van der Waals surface area contributed by atoms with E-state index in [4.69, 9.17) is 21.1 Å². The summed E-state index contributed by atoms with van der Waals surface area (Å²) in [5.41, 5.74) is 1.93. The number of aryl methyl sites for hydroxylation is 1. The van der Waals surface area contributed by atoms with Crippen molar-refractivity contribution in [1.82, 2.24) is 0 Å². The fourth-order valence-corrected chi connectivity index (χ4v) is 5.68. The predicted octanol–water partition coefficient (Wildman–Crippen LogP) is 6.90. The summed E-state index contributed by atoms with van der Waals surface area (Å²) in [6.07, 6.45) is 5.69. The summed E-state index contributed by atoms with van der Waals surface area (Å²) in [5, 5.41) is 0.394. The zero-order chi connectivity index (χ0) is 26.3. The van der Waals surface area contributed by atoms with Gasteiger partial charge in [-0.1, -0.05) is 37.1 Å². The fourth-order valence-electron chi connectivity index (χ4n) is 3.54. The maximum atomic E-state index is 13.6. The number of carbonyl (C=O) groups is 1. The van der Waals surface area contributed by atoms with Crippen molar-refractivity contribution in [2.24, 2.45) is 0 Å². The number of sulfonamides is 1. The first-order valence-electron chi connectivity index (χ1n) is 11.2. The van der Waals surface area contributed by atoms with Gasteiger partial charge in [-0.2, -0.15) is 4.31 Å². The molecule has 0 atom stereocenters. The van der Waals surface area contributed by atoms with E-state index < -0.39 is 15.9 Å². The van der Waals surface area contributed by atoms with E-state index in [9.17, 15) is 13.2 Å². The largest absolute Gasteiger partial charge is 0.493 e. The molecule has 0 aliphatic carbocycles. The minimum Gasteiger partial charge on any atom is -0.493 e. The van der Waals surface area contributed by atoms with Gasteiger partial charge in [-0.15, -0.1) is 0 Å². The molecule has 0 saturated heterocycles. The maximum Gasteiger partial charge on any atom is 0.271 e. The first-order chi connectivity index (χ1) is 17.2. The van der Waals surface area contributed by atoms with Gasteiger partial charge in [-0.25, -0.2) is 8.42 Å². The highest BCUT2D eigenvalue weighted by molar-refractivity contribution is 9.10. The lowest BCUT2D eigenvalue weighted by Crippen LogP contribution is -2.35. The normalized spacial score (nSPS) is 11.5. The number of rotatable bonds is 10. The van der Waals surface area contributed by atoms with Gasteiger partial charge in [-0.05, 0) is 94.5 Å². The van der Waals surface area contributed by atoms with Gasteiger partial charge in [0.25, 0.3) is 15.9 Å². The van der Waals surface area contributed by atoms with Gasteiger partial charge >= 0.3 is 0 Å². The zero-order valence-corrected chi connectivity index (χ0v) is 23.4. The van der Waals surface area contributed by atoms with E-state index >= 15 is 0 Å². The molecule has 1 amide bonds. The van der Waals surface area contributed by atoms with Gasteiger partial charge in [0, 0.05) is 11.1 Å². The van der Waals surface area contributed by atoms with Crippen molar-refractivity contribution in [3.05, 3.63) is 87.4 Å². The molecule has 36 heavy (non-hydrogen) atoms. The van der Waals surface area contributed by atoms with Crippen LogP contribution in [-0.4, -0.2) is 28.5 Å². The summed E-state index contributed by atoms with van der Waals surface area (Å²) in [7, 11) is -1.19. The van der Waals surface area contributed by atoms with Crippen molar-refractivity contribution < 1.29 is 22.7 Å². The number of amides is 1. The van der Waals surface area contributed by atoms with E-state index in [1.54, 1.807) is 24.3 Å². The number of methoxy groups -OCH3 is 2. The molecule has 9 heteroatoms. The average molecular weight is 593 g/mol. The summed E-state index contributed by atoms with van der Waals surface area (Å²) in [6.45, 7) is 2.11. The summed E-state index contributed by atoms with van der Waals surface area (Å²) in [4.78, 5) is 13.3. The van der Waals surface area contributed by atoms with Crippen molar-refractivity contribution in [2.75, 3.05) is 18.5 Å². The summed E-state index contributed by atoms with van der Waals surface area (Å²) in [5.74, 6) is 0.250. The predicted molar refractivity (Wildman–Crippen MR) is 147 cm³/mol. The molecule has 0 aromatic heterocycles. The lowest BCUT2D eigenvalue weighted by molar-refractivity contribution is -0.113. The van der Waals surface area contributed by atoms with Crippen LogP contribution in [0.2, 0.25) is 5.02 Å². The Morgan fingerprint density at radius 2 is 1.69 bits per heavy atom. The zero-order valence-electron chi connectivity index (χ0n) is 20.2. The van der Waals surface area contributed by atoms with Gasteiger partial charge in [-0.3, -0.25) is 4.79 Å². The van der Waals surface area contributed by atoms with Crippen LogP contribution in [-0.2, 0) is 21.2 Å². The lowest BCUT2D eigenvalue weighted by Gasteiger charge is -2.22. The second kappa shape index (κ2) is 12.4. The van der Waals surface area contributed by atoms with Gasteiger partial charge in [0.1, 0.15) is 0 Å². The van der Waals surface area contributed by atoms with Crippen LogP contribution < -0.4 is 13.8 Å². The minimum atomic E-state index is -4.22. The number of hydrogen-bond donors (Lipinski definition) is 0. The van der Waals surface area contributed by atoms with Crippen molar-refractivity contribution in [1.29, 1.82) is 0 Å². The number of ether oxygens (including phenoxy) is 2. The Morgan fingerprint density at radius 1 is 1.03 bits per heavy atom. The Balaban J connectivity index is 2.02. The number of halogens is 2. The van der Waals surface area contributed by atoms with Crippen molar-refractivity contribution in [3.8, 4) is 11.5 Å². The molecule has 0 N–H and O–H groups in total. The van der Waals surface area contributed by atoms with Crippen LogP contribution in [0.4, 0.5) is 5.69 Å². The smallest absolute Gasteiger partial charge is 0.271 e. The van der Waals surface area contributed by atoms with E-state index in [-0.39, 0.29) is 10.6 Å². The molecule has 3 rings (SSSR count). The quantitative estimate of drug-likeness (QED) is 0.240. The monoisotopic (exact) mass is 591 g/mol. The van der Waals surface area contributed by atoms with E-state index in [1.807, 2.05) is 12.1 Å². The minimum absolute atomic E-state index is 0.0439. The first kappa shape index (κ1) is 27.8. The third-order valence-corrected chi connectivity index (χ3v) is 8.00. The molecule has 0 heterocycles. The summed E-state index contributed by atoms with van der Waals surface area (Å²) in [6, 6.07) is 16.1. The summed E-state index contributed by atoms with van der Waals surface area (Å²) < 4.78 is 39.3. The highest BCUT2D eigenvalue weighted by Gasteiger charge is 2.30. The van der Waals surface area contributed by atoms with Crippen molar-refractivity contribution in [2.45, 2.75) is 31.1 Å². The van der Waals surface area contributed by atoms with E-state index in [0.717, 1.165) is 29.1 Å².